The highest BCUT2D eigenvalue weighted by Crippen LogP contribution is 2.51. The van der Waals surface area contributed by atoms with Gasteiger partial charge in [-0.05, 0) is 114 Å². The van der Waals surface area contributed by atoms with E-state index in [0.29, 0.717) is 0 Å². The van der Waals surface area contributed by atoms with Gasteiger partial charge in [-0.1, -0.05) is 134 Å². The lowest BCUT2D eigenvalue weighted by Gasteiger charge is -2.36. The summed E-state index contributed by atoms with van der Waals surface area (Å²) >= 11 is 0. The van der Waals surface area contributed by atoms with Crippen LogP contribution in [0.15, 0.2) is 133 Å². The summed E-state index contributed by atoms with van der Waals surface area (Å²) in [4.78, 5) is 16.7. The first kappa shape index (κ1) is 37.9. The van der Waals surface area contributed by atoms with Gasteiger partial charge in [-0.2, -0.15) is 0 Å². The molecule has 2 aliphatic rings. The highest BCUT2D eigenvalue weighted by atomic mass is 15.1. The molecular formula is C56H55N5. The van der Waals surface area contributed by atoms with Crippen molar-refractivity contribution in [2.24, 2.45) is 11.8 Å². The maximum atomic E-state index is 5.59. The van der Waals surface area contributed by atoms with E-state index in [4.69, 9.17) is 15.0 Å². The van der Waals surface area contributed by atoms with Crippen molar-refractivity contribution in [2.45, 2.75) is 96.8 Å². The lowest BCUT2D eigenvalue weighted by Crippen LogP contribution is -2.33. The van der Waals surface area contributed by atoms with E-state index in [1.165, 1.54) is 74.0 Å². The molecular weight excluding hydrogens is 743 g/mol. The lowest BCUT2D eigenvalue weighted by molar-refractivity contribution is 0.221. The molecule has 5 nitrogen and oxygen atoms in total. The Morgan fingerprint density at radius 3 is 1.34 bits per heavy atom. The Labute approximate surface area is 359 Å². The summed E-state index contributed by atoms with van der Waals surface area (Å²) in [7, 11) is 0. The Balaban J connectivity index is 1.17. The van der Waals surface area contributed by atoms with Gasteiger partial charge in [-0.3, -0.25) is 0 Å². The van der Waals surface area contributed by atoms with Crippen LogP contribution in [0, 0.1) is 11.8 Å². The number of nitrogens with zero attached hydrogens (tertiary/aromatic N) is 5. The number of hydrogen-bond donors (Lipinski definition) is 0. The van der Waals surface area contributed by atoms with Gasteiger partial charge in [0.15, 0.2) is 11.6 Å². The number of fused-ring (bicyclic) bond motifs is 8. The highest BCUT2D eigenvalue weighted by Gasteiger charge is 2.44. The van der Waals surface area contributed by atoms with E-state index in [9.17, 15) is 0 Å². The minimum Gasteiger partial charge on any atom is -0.309 e. The van der Waals surface area contributed by atoms with Crippen molar-refractivity contribution in [2.75, 3.05) is 0 Å². The lowest BCUT2D eigenvalue weighted by atomic mass is 9.69. The number of para-hydroxylation sites is 4. The van der Waals surface area contributed by atoms with E-state index >= 15 is 0 Å². The van der Waals surface area contributed by atoms with E-state index in [2.05, 4.69) is 191 Å². The monoisotopic (exact) mass is 797 g/mol. The molecule has 304 valence electrons. The van der Waals surface area contributed by atoms with Crippen LogP contribution in [0.2, 0.25) is 0 Å². The summed E-state index contributed by atoms with van der Waals surface area (Å²) in [6.45, 7) is 16.2. The van der Waals surface area contributed by atoms with Gasteiger partial charge in [-0.15, -0.1) is 0 Å². The van der Waals surface area contributed by atoms with Crippen LogP contribution >= 0.6 is 0 Å². The average molecular weight is 798 g/mol. The fraction of sp³-hybridized carbons (Fsp3) is 0.304. The second-order valence-electron chi connectivity index (χ2n) is 20.5. The van der Waals surface area contributed by atoms with Gasteiger partial charge in [0.25, 0.3) is 0 Å². The molecule has 3 atom stereocenters. The molecule has 3 heterocycles. The maximum Gasteiger partial charge on any atom is 0.165 e. The predicted molar refractivity (Wildman–Crippen MR) is 254 cm³/mol. The summed E-state index contributed by atoms with van der Waals surface area (Å²) in [6, 6.07) is 49.0. The molecule has 2 aliphatic carbocycles. The van der Waals surface area contributed by atoms with Crippen LogP contribution in [0.25, 0.3) is 77.8 Å². The van der Waals surface area contributed by atoms with Gasteiger partial charge in [0.2, 0.25) is 0 Å². The Morgan fingerprint density at radius 2 is 0.885 bits per heavy atom. The van der Waals surface area contributed by atoms with Crippen LogP contribution in [-0.4, -0.2) is 24.1 Å². The van der Waals surface area contributed by atoms with Crippen LogP contribution in [-0.2, 0) is 16.2 Å². The smallest absolute Gasteiger partial charge is 0.165 e. The third kappa shape index (κ3) is 6.22. The van der Waals surface area contributed by atoms with Gasteiger partial charge in [0.1, 0.15) is 5.82 Å². The van der Waals surface area contributed by atoms with E-state index < -0.39 is 0 Å². The molecule has 61 heavy (non-hydrogen) atoms. The molecule has 3 aromatic heterocycles. The van der Waals surface area contributed by atoms with Gasteiger partial charge in [0, 0.05) is 38.1 Å². The molecule has 5 heteroatoms. The van der Waals surface area contributed by atoms with Gasteiger partial charge in [0.05, 0.1) is 33.4 Å². The van der Waals surface area contributed by atoms with Crippen molar-refractivity contribution in [3.05, 3.63) is 150 Å². The second kappa shape index (κ2) is 13.7. The summed E-state index contributed by atoms with van der Waals surface area (Å²) in [5, 5.41) is 5.01. The van der Waals surface area contributed by atoms with Crippen molar-refractivity contribution in [3.8, 4) is 34.2 Å². The van der Waals surface area contributed by atoms with Crippen molar-refractivity contribution in [1.29, 1.82) is 0 Å². The summed E-state index contributed by atoms with van der Waals surface area (Å²) < 4.78 is 4.85. The molecule has 0 saturated heterocycles. The molecule has 0 spiro atoms. The zero-order chi connectivity index (χ0) is 41.8. The first-order valence-corrected chi connectivity index (χ1v) is 22.4. The summed E-state index contributed by atoms with van der Waals surface area (Å²) in [5.74, 6) is 3.80. The number of benzene rings is 6. The SMILES string of the molecule is CC(C)(C)c1ccc2c(c1)c1cc(C(C)(C)C)ccc1n2-c1ccccc1-c1nc(-c2ccccc2-n2c3ccccc3c3ccccc32)nc([C@@]2(C)C[C@@H]3CC[C@@H](C3)C2)n1. The normalized spacial score (nSPS) is 19.5. The zero-order valence-electron chi connectivity index (χ0n) is 36.6. The van der Waals surface area contributed by atoms with Crippen LogP contribution in [0.1, 0.15) is 97.5 Å². The first-order valence-electron chi connectivity index (χ1n) is 22.4. The molecule has 0 N–H and O–H groups in total. The molecule has 11 rings (SSSR count). The number of aromatic nitrogens is 5. The minimum absolute atomic E-state index is 0.0179. The van der Waals surface area contributed by atoms with Crippen LogP contribution in [0.5, 0.6) is 0 Å². The Morgan fingerprint density at radius 1 is 0.475 bits per heavy atom. The topological polar surface area (TPSA) is 48.5 Å². The third-order valence-corrected chi connectivity index (χ3v) is 14.2. The Bertz CT molecular complexity index is 3050. The highest BCUT2D eigenvalue weighted by molar-refractivity contribution is 6.11. The van der Waals surface area contributed by atoms with E-state index in [0.717, 1.165) is 64.7 Å². The molecule has 0 amide bonds. The molecule has 6 aromatic carbocycles. The fourth-order valence-corrected chi connectivity index (χ4v) is 11.1. The molecule has 0 radical (unpaired) electrons. The first-order chi connectivity index (χ1) is 29.3. The van der Waals surface area contributed by atoms with E-state index in [-0.39, 0.29) is 16.2 Å². The quantitative estimate of drug-likeness (QED) is 0.174. The van der Waals surface area contributed by atoms with Crippen LogP contribution < -0.4 is 0 Å². The third-order valence-electron chi connectivity index (χ3n) is 14.2. The molecule has 2 bridgehead atoms. The molecule has 0 unspecified atom stereocenters. The zero-order valence-corrected chi connectivity index (χ0v) is 36.6. The maximum absolute atomic E-state index is 5.59. The van der Waals surface area contributed by atoms with E-state index in [1.807, 2.05) is 0 Å². The van der Waals surface area contributed by atoms with Crippen molar-refractivity contribution in [1.82, 2.24) is 24.1 Å². The summed E-state index contributed by atoms with van der Waals surface area (Å²) in [6.07, 6.45) is 6.18. The molecule has 9 aromatic rings. The standard InChI is InChI=1S/C56H55N5/c1-54(2,3)37-26-28-49-43(31-37)44-32-38(55(4,5)6)27-29-50(44)61(49)48-23-15-11-19-42(48)52-57-51(58-53(59-52)56(7)33-35-24-25-36(30-35)34-56)41-18-10-14-22-47(41)60-45-20-12-8-16-39(45)40-17-9-13-21-46(40)60/h8-23,26-29,31-32,35-36H,24-25,30,33-34H2,1-7H3/t35-,36+,56+. The van der Waals surface area contributed by atoms with Crippen molar-refractivity contribution in [3.63, 3.8) is 0 Å². The minimum atomic E-state index is -0.146. The fourth-order valence-electron chi connectivity index (χ4n) is 11.1. The van der Waals surface area contributed by atoms with Crippen LogP contribution in [0.4, 0.5) is 0 Å². The van der Waals surface area contributed by atoms with Crippen molar-refractivity contribution >= 4 is 43.6 Å². The molecule has 0 aliphatic heterocycles. The van der Waals surface area contributed by atoms with Gasteiger partial charge < -0.3 is 9.13 Å². The van der Waals surface area contributed by atoms with Gasteiger partial charge >= 0.3 is 0 Å². The van der Waals surface area contributed by atoms with E-state index in [1.54, 1.807) is 0 Å². The largest absolute Gasteiger partial charge is 0.309 e. The van der Waals surface area contributed by atoms with Crippen molar-refractivity contribution < 1.29 is 0 Å². The average Bonchev–Trinajstić information content (AvgIpc) is 3.90. The molecule has 2 fully saturated rings. The number of rotatable bonds is 5. The van der Waals surface area contributed by atoms with Crippen LogP contribution in [0.3, 0.4) is 0 Å². The van der Waals surface area contributed by atoms with Gasteiger partial charge in [-0.25, -0.2) is 15.0 Å². The Hall–Kier alpha value is -6.07. The molecule has 2 saturated carbocycles. The number of hydrogen-bond acceptors (Lipinski definition) is 3. The second-order valence-corrected chi connectivity index (χ2v) is 20.5. The predicted octanol–water partition coefficient (Wildman–Crippen LogP) is 14.5. The Kier molecular flexibility index (Phi) is 8.52. The summed E-state index contributed by atoms with van der Waals surface area (Å²) in [5.41, 5.74) is 11.4.